The van der Waals surface area contributed by atoms with Crippen molar-refractivity contribution in [2.24, 2.45) is 0 Å². The summed E-state index contributed by atoms with van der Waals surface area (Å²) >= 11 is 0. The molecule has 0 saturated carbocycles. The van der Waals surface area contributed by atoms with Gasteiger partial charge in [0.05, 0.1) is 0 Å². The number of oxazole rings is 1. The second kappa shape index (κ2) is 14.4. The largest absolute Gasteiger partial charge is 0.454 e. The zero-order valence-electron chi connectivity index (χ0n) is 34.2. The van der Waals surface area contributed by atoms with Crippen LogP contribution in [0.15, 0.2) is 215 Å². The number of hydrogen-bond acceptors (Lipinski definition) is 6. The highest BCUT2D eigenvalue weighted by Gasteiger charge is 2.19. The Hall–Kier alpha value is -8.74. The molecule has 298 valence electrons. The Kier molecular flexibility index (Phi) is 8.11. The second-order valence-corrected chi connectivity index (χ2v) is 16.1. The lowest BCUT2D eigenvalue weighted by molar-refractivity contribution is 0.620. The summed E-state index contributed by atoms with van der Waals surface area (Å²) < 4.78 is 12.8. The van der Waals surface area contributed by atoms with Crippen molar-refractivity contribution in [1.82, 2.24) is 19.9 Å². The maximum absolute atomic E-state index is 6.60. The van der Waals surface area contributed by atoms with Crippen LogP contribution in [0.2, 0.25) is 0 Å². The Morgan fingerprint density at radius 3 is 1.48 bits per heavy atom. The fourth-order valence-corrected chi connectivity index (χ4v) is 9.28. The summed E-state index contributed by atoms with van der Waals surface area (Å²) in [4.78, 5) is 20.3. The zero-order valence-corrected chi connectivity index (χ0v) is 34.2. The molecule has 0 spiro atoms. The molecule has 0 atom stereocenters. The SMILES string of the molecule is c1ccc(-c2nc3c(ccc4c5ccc(-c6ccc(-c7ccc(-c8nc(-c9cccc%10ccccc9%10)nc(-c9cccc%10ccccc9%10)n8)cc7)c7ccccc67)cc5oc43)o2)cc1. The van der Waals surface area contributed by atoms with Crippen molar-refractivity contribution in [2.45, 2.75) is 0 Å². The van der Waals surface area contributed by atoms with E-state index in [4.69, 9.17) is 28.8 Å². The van der Waals surface area contributed by atoms with Gasteiger partial charge in [0.25, 0.3) is 0 Å². The van der Waals surface area contributed by atoms with E-state index in [1.807, 2.05) is 36.4 Å². The fourth-order valence-electron chi connectivity index (χ4n) is 9.28. The molecular formula is C58H34N4O2. The van der Waals surface area contributed by atoms with Gasteiger partial charge in [-0.05, 0) is 91.0 Å². The third-order valence-electron chi connectivity index (χ3n) is 12.4. The van der Waals surface area contributed by atoms with Crippen molar-refractivity contribution in [3.05, 3.63) is 206 Å². The number of hydrogen-bond donors (Lipinski definition) is 0. The van der Waals surface area contributed by atoms with Gasteiger partial charge < -0.3 is 8.83 Å². The third-order valence-corrected chi connectivity index (χ3v) is 12.4. The quantitative estimate of drug-likeness (QED) is 0.166. The molecule has 64 heavy (non-hydrogen) atoms. The first kappa shape index (κ1) is 36.0. The van der Waals surface area contributed by atoms with Crippen LogP contribution in [0.3, 0.4) is 0 Å². The number of benzene rings is 10. The molecule has 0 saturated heterocycles. The van der Waals surface area contributed by atoms with Crippen molar-refractivity contribution in [3.63, 3.8) is 0 Å². The molecule has 0 amide bonds. The summed E-state index contributed by atoms with van der Waals surface area (Å²) in [7, 11) is 0. The van der Waals surface area contributed by atoms with E-state index in [1.165, 1.54) is 0 Å². The molecule has 10 aromatic carbocycles. The van der Waals surface area contributed by atoms with E-state index in [2.05, 4.69) is 170 Å². The summed E-state index contributed by atoms with van der Waals surface area (Å²) in [5.74, 6) is 2.47. The second-order valence-electron chi connectivity index (χ2n) is 16.1. The van der Waals surface area contributed by atoms with Gasteiger partial charge in [-0.2, -0.15) is 0 Å². The van der Waals surface area contributed by atoms with Gasteiger partial charge in [-0.25, -0.2) is 19.9 Å². The van der Waals surface area contributed by atoms with Crippen LogP contribution in [0.1, 0.15) is 0 Å². The number of nitrogens with zero attached hydrogens (tertiary/aromatic N) is 4. The van der Waals surface area contributed by atoms with Crippen LogP contribution in [-0.4, -0.2) is 19.9 Å². The van der Waals surface area contributed by atoms with Gasteiger partial charge >= 0.3 is 0 Å². The van der Waals surface area contributed by atoms with Crippen LogP contribution in [-0.2, 0) is 0 Å². The van der Waals surface area contributed by atoms with Crippen LogP contribution in [0.4, 0.5) is 0 Å². The molecule has 0 aliphatic carbocycles. The van der Waals surface area contributed by atoms with Crippen LogP contribution in [0.5, 0.6) is 0 Å². The van der Waals surface area contributed by atoms with E-state index in [-0.39, 0.29) is 0 Å². The summed E-state index contributed by atoms with van der Waals surface area (Å²) in [5, 5.41) is 8.83. The molecule has 0 radical (unpaired) electrons. The van der Waals surface area contributed by atoms with E-state index in [9.17, 15) is 0 Å². The van der Waals surface area contributed by atoms with Crippen molar-refractivity contribution in [2.75, 3.05) is 0 Å². The highest BCUT2D eigenvalue weighted by molar-refractivity contribution is 6.14. The molecule has 3 aromatic heterocycles. The number of fused-ring (bicyclic) bond motifs is 8. The first-order valence-corrected chi connectivity index (χ1v) is 21.4. The number of aromatic nitrogens is 4. The molecule has 3 heterocycles. The lowest BCUT2D eigenvalue weighted by Gasteiger charge is -2.13. The Balaban J connectivity index is 0.888. The number of rotatable bonds is 6. The van der Waals surface area contributed by atoms with E-state index in [0.717, 1.165) is 104 Å². The maximum Gasteiger partial charge on any atom is 0.227 e. The topological polar surface area (TPSA) is 77.8 Å². The lowest BCUT2D eigenvalue weighted by Crippen LogP contribution is -2.01. The average molecular weight is 819 g/mol. The minimum Gasteiger partial charge on any atom is -0.454 e. The van der Waals surface area contributed by atoms with E-state index >= 15 is 0 Å². The highest BCUT2D eigenvalue weighted by Crippen LogP contribution is 2.41. The summed E-state index contributed by atoms with van der Waals surface area (Å²) in [5.41, 5.74) is 11.2. The molecule has 0 aliphatic rings. The van der Waals surface area contributed by atoms with E-state index in [0.29, 0.717) is 28.9 Å². The summed E-state index contributed by atoms with van der Waals surface area (Å²) in [6, 6.07) is 71.4. The first-order chi connectivity index (χ1) is 31.7. The van der Waals surface area contributed by atoms with Gasteiger partial charge in [-0.1, -0.05) is 170 Å². The molecule has 0 bridgehead atoms. The van der Waals surface area contributed by atoms with Gasteiger partial charge in [0.1, 0.15) is 5.58 Å². The lowest BCUT2D eigenvalue weighted by atomic mass is 9.91. The van der Waals surface area contributed by atoms with E-state index in [1.54, 1.807) is 0 Å². The minimum absolute atomic E-state index is 0.577. The standard InChI is InChI=1S/C58H34N4O2/c1-2-14-39(15-3-1)58-59-53-51(64-58)33-32-48-47-29-28-40(34-52(47)63-54(48)53)44-31-30-43(45-20-8-9-21-46(44)45)37-24-26-38(27-25-37)55-60-56(49-22-10-16-35-12-4-6-18-41(35)49)62-57(61-55)50-23-11-17-36-13-5-7-19-42(36)50/h1-34H. The van der Waals surface area contributed by atoms with Gasteiger partial charge in [0.2, 0.25) is 5.89 Å². The van der Waals surface area contributed by atoms with Crippen LogP contribution >= 0.6 is 0 Å². The average Bonchev–Trinajstić information content (AvgIpc) is 3.98. The Morgan fingerprint density at radius 2 is 0.812 bits per heavy atom. The molecular weight excluding hydrogens is 785 g/mol. The van der Waals surface area contributed by atoms with Gasteiger partial charge in [0.15, 0.2) is 34.2 Å². The smallest absolute Gasteiger partial charge is 0.227 e. The Bertz CT molecular complexity index is 3860. The molecule has 0 aliphatic heterocycles. The molecule has 6 heteroatoms. The fraction of sp³-hybridized carbons (Fsp3) is 0. The van der Waals surface area contributed by atoms with Crippen LogP contribution < -0.4 is 0 Å². The molecule has 0 fully saturated rings. The molecule has 6 nitrogen and oxygen atoms in total. The van der Waals surface area contributed by atoms with E-state index < -0.39 is 0 Å². The molecule has 0 N–H and O–H groups in total. The first-order valence-electron chi connectivity index (χ1n) is 21.4. The Morgan fingerprint density at radius 1 is 0.281 bits per heavy atom. The molecule has 13 rings (SSSR count). The third kappa shape index (κ3) is 5.88. The normalized spacial score (nSPS) is 11.8. The predicted molar refractivity (Wildman–Crippen MR) is 260 cm³/mol. The Labute approximate surface area is 366 Å². The van der Waals surface area contributed by atoms with Crippen molar-refractivity contribution in [3.8, 4) is 67.9 Å². The predicted octanol–water partition coefficient (Wildman–Crippen LogP) is 15.4. The molecule has 13 aromatic rings. The maximum atomic E-state index is 6.60. The van der Waals surface area contributed by atoms with Crippen LogP contribution in [0, 0.1) is 0 Å². The van der Waals surface area contributed by atoms with Gasteiger partial charge in [0, 0.05) is 33.0 Å². The van der Waals surface area contributed by atoms with Crippen molar-refractivity contribution < 1.29 is 8.83 Å². The minimum atomic E-state index is 0.577. The molecule has 0 unspecified atom stereocenters. The number of furan rings is 1. The monoisotopic (exact) mass is 818 g/mol. The summed E-state index contributed by atoms with van der Waals surface area (Å²) in [6.07, 6.45) is 0. The highest BCUT2D eigenvalue weighted by atomic mass is 16.4. The van der Waals surface area contributed by atoms with Crippen molar-refractivity contribution >= 4 is 65.4 Å². The zero-order chi connectivity index (χ0) is 42.1. The van der Waals surface area contributed by atoms with Gasteiger partial charge in [-0.15, -0.1) is 0 Å². The summed E-state index contributed by atoms with van der Waals surface area (Å²) in [6.45, 7) is 0. The van der Waals surface area contributed by atoms with Crippen LogP contribution in [0.25, 0.3) is 133 Å². The van der Waals surface area contributed by atoms with Gasteiger partial charge in [-0.3, -0.25) is 0 Å². The van der Waals surface area contributed by atoms with Crippen molar-refractivity contribution in [1.29, 1.82) is 0 Å².